The highest BCUT2D eigenvalue weighted by Gasteiger charge is 2.33. The predicted octanol–water partition coefficient (Wildman–Crippen LogP) is 19.9. The van der Waals surface area contributed by atoms with Crippen molar-refractivity contribution >= 4 is 119 Å². The molecule has 0 spiro atoms. The van der Waals surface area contributed by atoms with Crippen LogP contribution in [0, 0.1) is 0 Å². The van der Waals surface area contributed by atoms with Gasteiger partial charge in [-0.1, -0.05) is 194 Å². The Labute approximate surface area is 400 Å². The molecule has 0 N–H and O–H groups in total. The van der Waals surface area contributed by atoms with E-state index in [2.05, 4.69) is 218 Å². The first kappa shape index (κ1) is 36.5. The van der Waals surface area contributed by atoms with E-state index < -0.39 is 0 Å². The summed E-state index contributed by atoms with van der Waals surface area (Å²) in [6, 6.07) is 80.7. The van der Waals surface area contributed by atoms with Crippen LogP contribution >= 0.6 is 11.3 Å². The molecule has 0 radical (unpaired) electrons. The molecule has 15 aromatic carbocycles. The number of benzene rings is 13. The van der Waals surface area contributed by atoms with Crippen molar-refractivity contribution in [3.8, 4) is 66.1 Å². The standard InChI is InChI=1S/C68H36S/c1-4-15-37(16-5-1)56-43-23-12-13-24-44(43)57(38-17-6-2-7-18-38)66-50-31-27-46-48-29-33-52-62-51(32-28-47(60(48)62)45-26-30-49(65(56)66)61(50)59(45)46)67-58(39-19-8-3-9-20-39)54-36-40(55-25-14-34-69-55)35-53-41-21-10-11-22-42(41)64(63(53)54)68(52)67/h1-36H. The van der Waals surface area contributed by atoms with Crippen LogP contribution in [0.1, 0.15) is 0 Å². The van der Waals surface area contributed by atoms with Crippen LogP contribution in [0.3, 0.4) is 0 Å². The lowest BCUT2D eigenvalue weighted by Crippen LogP contribution is -1.93. The van der Waals surface area contributed by atoms with Crippen LogP contribution in [0.25, 0.3) is 174 Å². The smallest absolute Gasteiger partial charge is 0.0343 e. The minimum Gasteiger partial charge on any atom is -0.144 e. The van der Waals surface area contributed by atoms with E-state index in [9.17, 15) is 0 Å². The van der Waals surface area contributed by atoms with Crippen molar-refractivity contribution in [1.29, 1.82) is 0 Å². The third-order valence-corrected chi connectivity index (χ3v) is 17.0. The van der Waals surface area contributed by atoms with Crippen molar-refractivity contribution in [1.82, 2.24) is 0 Å². The third-order valence-electron chi connectivity index (χ3n) is 16.1. The lowest BCUT2D eigenvalue weighted by Gasteiger charge is -2.20. The van der Waals surface area contributed by atoms with E-state index >= 15 is 0 Å². The quantitative estimate of drug-likeness (QED) is 0.122. The molecule has 0 aliphatic heterocycles. The van der Waals surface area contributed by atoms with Gasteiger partial charge >= 0.3 is 0 Å². The van der Waals surface area contributed by atoms with Gasteiger partial charge in [-0.15, -0.1) is 11.3 Å². The monoisotopic (exact) mass is 884 g/mol. The Bertz CT molecular complexity index is 4690. The Morgan fingerprint density at radius 3 is 1.17 bits per heavy atom. The maximum Gasteiger partial charge on any atom is 0.0343 e. The molecule has 0 fully saturated rings. The van der Waals surface area contributed by atoms with Gasteiger partial charge in [-0.3, -0.25) is 0 Å². The summed E-state index contributed by atoms with van der Waals surface area (Å²) in [5.41, 5.74) is 14.3. The van der Waals surface area contributed by atoms with Crippen LogP contribution in [-0.2, 0) is 0 Å². The van der Waals surface area contributed by atoms with Crippen LogP contribution in [0.2, 0.25) is 0 Å². The van der Waals surface area contributed by atoms with Crippen molar-refractivity contribution in [3.05, 3.63) is 218 Å². The molecule has 1 heterocycles. The van der Waals surface area contributed by atoms with Gasteiger partial charge in [0.05, 0.1) is 0 Å². The Morgan fingerprint density at radius 2 is 0.609 bits per heavy atom. The van der Waals surface area contributed by atoms with Crippen molar-refractivity contribution in [2.75, 3.05) is 0 Å². The van der Waals surface area contributed by atoms with Gasteiger partial charge in [-0.25, -0.2) is 0 Å². The zero-order valence-electron chi connectivity index (χ0n) is 37.2. The van der Waals surface area contributed by atoms with Crippen molar-refractivity contribution < 1.29 is 0 Å². The van der Waals surface area contributed by atoms with E-state index in [0.717, 1.165) is 0 Å². The molecule has 0 saturated carbocycles. The minimum absolute atomic E-state index is 1.25. The van der Waals surface area contributed by atoms with E-state index in [0.29, 0.717) is 0 Å². The van der Waals surface area contributed by atoms with Gasteiger partial charge in [0.2, 0.25) is 0 Å². The number of rotatable bonds is 4. The number of thiophene rings is 1. The van der Waals surface area contributed by atoms with Crippen LogP contribution in [0.5, 0.6) is 0 Å². The zero-order chi connectivity index (χ0) is 44.6. The Morgan fingerprint density at radius 1 is 0.203 bits per heavy atom. The molecule has 1 aliphatic carbocycles. The summed E-state index contributed by atoms with van der Waals surface area (Å²) in [6.07, 6.45) is 0. The maximum absolute atomic E-state index is 2.49. The lowest BCUT2D eigenvalue weighted by molar-refractivity contribution is 1.62. The van der Waals surface area contributed by atoms with E-state index in [4.69, 9.17) is 0 Å². The van der Waals surface area contributed by atoms with Crippen molar-refractivity contribution in [3.63, 3.8) is 0 Å². The average Bonchev–Trinajstić information content (AvgIpc) is 4.22. The van der Waals surface area contributed by atoms with Gasteiger partial charge in [0.25, 0.3) is 0 Å². The summed E-state index contributed by atoms with van der Waals surface area (Å²) < 4.78 is 0. The molecule has 0 saturated heterocycles. The summed E-state index contributed by atoms with van der Waals surface area (Å²) in [5.74, 6) is 0. The van der Waals surface area contributed by atoms with Crippen molar-refractivity contribution in [2.45, 2.75) is 0 Å². The topological polar surface area (TPSA) is 0 Å². The predicted molar refractivity (Wildman–Crippen MR) is 299 cm³/mol. The molecule has 16 aromatic rings. The molecule has 1 aromatic heterocycles. The van der Waals surface area contributed by atoms with Gasteiger partial charge in [-0.05, 0) is 193 Å². The van der Waals surface area contributed by atoms with Gasteiger partial charge in [0.15, 0.2) is 0 Å². The Hall–Kier alpha value is -8.62. The van der Waals surface area contributed by atoms with Crippen LogP contribution in [-0.4, -0.2) is 0 Å². The summed E-state index contributed by atoms with van der Waals surface area (Å²) in [7, 11) is 0. The van der Waals surface area contributed by atoms with Crippen molar-refractivity contribution in [2.24, 2.45) is 0 Å². The highest BCUT2D eigenvalue weighted by molar-refractivity contribution is 7.13. The molecular weight excluding hydrogens is 849 g/mol. The fraction of sp³-hybridized carbons (Fsp3) is 0. The van der Waals surface area contributed by atoms with E-state index in [1.165, 1.54) is 174 Å². The first-order valence-electron chi connectivity index (χ1n) is 24.1. The summed E-state index contributed by atoms with van der Waals surface area (Å²) in [4.78, 5) is 1.30. The number of fused-ring (bicyclic) bond motifs is 13. The molecule has 314 valence electrons. The molecule has 17 rings (SSSR count). The molecule has 1 heteroatoms. The van der Waals surface area contributed by atoms with Gasteiger partial charge < -0.3 is 0 Å². The normalized spacial score (nSPS) is 12.6. The zero-order valence-corrected chi connectivity index (χ0v) is 38.0. The summed E-state index contributed by atoms with van der Waals surface area (Å²) in [6.45, 7) is 0. The second kappa shape index (κ2) is 13.1. The van der Waals surface area contributed by atoms with Crippen LogP contribution in [0.4, 0.5) is 0 Å². The highest BCUT2D eigenvalue weighted by atomic mass is 32.1. The molecule has 1 aliphatic rings. The molecule has 0 nitrogen and oxygen atoms in total. The van der Waals surface area contributed by atoms with Gasteiger partial charge in [0, 0.05) is 4.88 Å². The average molecular weight is 885 g/mol. The second-order valence-electron chi connectivity index (χ2n) is 19.3. The largest absolute Gasteiger partial charge is 0.144 e. The molecular formula is C68H36S. The first-order chi connectivity index (χ1) is 34.3. The highest BCUT2D eigenvalue weighted by Crippen LogP contribution is 2.61. The van der Waals surface area contributed by atoms with E-state index in [-0.39, 0.29) is 0 Å². The molecule has 0 bridgehead atoms. The number of hydrogen-bond donors (Lipinski definition) is 0. The summed E-state index contributed by atoms with van der Waals surface area (Å²) >= 11 is 1.82. The lowest BCUT2D eigenvalue weighted by atomic mass is 9.82. The Balaban J connectivity index is 1.04. The first-order valence-corrected chi connectivity index (χ1v) is 25.0. The summed E-state index contributed by atoms with van der Waals surface area (Å²) in [5, 5.41) is 29.0. The molecule has 0 atom stereocenters. The molecule has 69 heavy (non-hydrogen) atoms. The van der Waals surface area contributed by atoms with Crippen LogP contribution < -0.4 is 0 Å². The molecule has 0 unspecified atom stereocenters. The number of hydrogen-bond acceptors (Lipinski definition) is 1. The minimum atomic E-state index is 1.25. The SMILES string of the molecule is c1ccc(-c2c3c(c(-c4ccccc4)c4ccccc24)-c2ccc4c5ccc6c7c(ccc(c8ccc-3c2c84)c57)c2c(-c3ccccc3)c3cc(-c4cccs4)cc4c5ccccc5c(c34)c62)cc1. The van der Waals surface area contributed by atoms with Crippen LogP contribution in [0.15, 0.2) is 218 Å². The maximum atomic E-state index is 2.49. The fourth-order valence-electron chi connectivity index (χ4n) is 13.6. The molecule has 0 amide bonds. The van der Waals surface area contributed by atoms with E-state index in [1.54, 1.807) is 0 Å². The third kappa shape index (κ3) is 4.50. The van der Waals surface area contributed by atoms with Gasteiger partial charge in [0.1, 0.15) is 0 Å². The van der Waals surface area contributed by atoms with E-state index in [1.807, 2.05) is 11.3 Å². The Kier molecular flexibility index (Phi) is 6.92. The van der Waals surface area contributed by atoms with Gasteiger partial charge in [-0.2, -0.15) is 0 Å². The fourth-order valence-corrected chi connectivity index (χ4v) is 14.3. The second-order valence-corrected chi connectivity index (χ2v) is 20.2.